The summed E-state index contributed by atoms with van der Waals surface area (Å²) < 4.78 is 5.34. The number of allylic oxidation sites excluding steroid dienone is 1. The fourth-order valence-corrected chi connectivity index (χ4v) is 2.68. The van der Waals surface area contributed by atoms with Gasteiger partial charge in [0, 0.05) is 17.1 Å². The molecule has 0 amide bonds. The highest BCUT2D eigenvalue weighted by Crippen LogP contribution is 2.23. The topological polar surface area (TPSA) is 21.3 Å². The SMILES string of the molecule is COc1ccc(Cl)cc1CNCCC1=CCCCC1.Cl. The summed E-state index contributed by atoms with van der Waals surface area (Å²) in [5.41, 5.74) is 2.73. The number of benzene rings is 1. The quantitative estimate of drug-likeness (QED) is 0.604. The van der Waals surface area contributed by atoms with E-state index >= 15 is 0 Å². The van der Waals surface area contributed by atoms with Crippen LogP contribution in [-0.4, -0.2) is 13.7 Å². The van der Waals surface area contributed by atoms with E-state index in [-0.39, 0.29) is 12.4 Å². The maximum atomic E-state index is 6.02. The minimum absolute atomic E-state index is 0. The number of nitrogens with one attached hydrogen (secondary N) is 1. The minimum Gasteiger partial charge on any atom is -0.496 e. The normalized spacial score (nSPS) is 14.4. The molecule has 1 aromatic carbocycles. The summed E-state index contributed by atoms with van der Waals surface area (Å²) in [6.45, 7) is 1.82. The van der Waals surface area contributed by atoms with Gasteiger partial charge in [-0.1, -0.05) is 23.3 Å². The molecule has 2 rings (SSSR count). The maximum Gasteiger partial charge on any atom is 0.123 e. The van der Waals surface area contributed by atoms with Crippen LogP contribution in [0.5, 0.6) is 5.75 Å². The van der Waals surface area contributed by atoms with Crippen molar-refractivity contribution in [3.8, 4) is 5.75 Å². The van der Waals surface area contributed by atoms with Crippen molar-refractivity contribution < 1.29 is 4.74 Å². The third-order valence-corrected chi connectivity index (χ3v) is 3.80. The first kappa shape index (κ1) is 17.4. The molecule has 0 saturated carbocycles. The van der Waals surface area contributed by atoms with Gasteiger partial charge >= 0.3 is 0 Å². The van der Waals surface area contributed by atoms with Gasteiger partial charge in [-0.05, 0) is 56.8 Å². The molecule has 0 radical (unpaired) electrons. The molecule has 20 heavy (non-hydrogen) atoms. The monoisotopic (exact) mass is 315 g/mol. The Kier molecular flexibility index (Phi) is 8.05. The van der Waals surface area contributed by atoms with Gasteiger partial charge in [-0.15, -0.1) is 12.4 Å². The second-order valence-corrected chi connectivity index (χ2v) is 5.43. The van der Waals surface area contributed by atoms with Crippen LogP contribution < -0.4 is 10.1 Å². The van der Waals surface area contributed by atoms with Crippen LogP contribution in [-0.2, 0) is 6.54 Å². The number of hydrogen-bond donors (Lipinski definition) is 1. The first-order valence-electron chi connectivity index (χ1n) is 7.00. The fraction of sp³-hybridized carbons (Fsp3) is 0.500. The highest BCUT2D eigenvalue weighted by atomic mass is 35.5. The van der Waals surface area contributed by atoms with Gasteiger partial charge in [-0.3, -0.25) is 0 Å². The van der Waals surface area contributed by atoms with Crippen LogP contribution in [0, 0.1) is 0 Å². The Labute approximate surface area is 133 Å². The second kappa shape index (κ2) is 9.28. The molecule has 0 fully saturated rings. The zero-order valence-corrected chi connectivity index (χ0v) is 13.5. The Morgan fingerprint density at radius 3 is 2.85 bits per heavy atom. The van der Waals surface area contributed by atoms with Crippen molar-refractivity contribution in [2.75, 3.05) is 13.7 Å². The molecule has 1 aliphatic carbocycles. The lowest BCUT2D eigenvalue weighted by molar-refractivity contribution is 0.407. The van der Waals surface area contributed by atoms with E-state index in [9.17, 15) is 0 Å². The average molecular weight is 316 g/mol. The van der Waals surface area contributed by atoms with E-state index in [1.807, 2.05) is 18.2 Å². The van der Waals surface area contributed by atoms with Crippen molar-refractivity contribution in [1.29, 1.82) is 0 Å². The second-order valence-electron chi connectivity index (χ2n) is 4.99. The minimum atomic E-state index is 0. The number of rotatable bonds is 6. The standard InChI is InChI=1S/C16H22ClNO.ClH/c1-19-16-8-7-15(17)11-14(16)12-18-10-9-13-5-3-2-4-6-13;/h5,7-8,11,18H,2-4,6,9-10,12H2,1H3;1H. The van der Waals surface area contributed by atoms with Crippen molar-refractivity contribution in [2.24, 2.45) is 0 Å². The van der Waals surface area contributed by atoms with Gasteiger partial charge in [-0.25, -0.2) is 0 Å². The fourth-order valence-electron chi connectivity index (χ4n) is 2.49. The van der Waals surface area contributed by atoms with Gasteiger partial charge in [0.2, 0.25) is 0 Å². The summed E-state index contributed by atoms with van der Waals surface area (Å²) in [6.07, 6.45) is 8.82. The van der Waals surface area contributed by atoms with Crippen LogP contribution in [0.4, 0.5) is 0 Å². The van der Waals surface area contributed by atoms with Gasteiger partial charge in [0.1, 0.15) is 5.75 Å². The Morgan fingerprint density at radius 2 is 2.15 bits per heavy atom. The molecule has 112 valence electrons. The van der Waals surface area contributed by atoms with E-state index in [2.05, 4.69) is 11.4 Å². The molecule has 0 aromatic heterocycles. The molecular formula is C16H23Cl2NO. The summed E-state index contributed by atoms with van der Waals surface area (Å²) in [6, 6.07) is 5.74. The van der Waals surface area contributed by atoms with Gasteiger partial charge in [-0.2, -0.15) is 0 Å². The van der Waals surface area contributed by atoms with Crippen LogP contribution in [0.2, 0.25) is 5.02 Å². The molecule has 0 aliphatic heterocycles. The molecular weight excluding hydrogens is 293 g/mol. The Balaban J connectivity index is 0.00000200. The largest absolute Gasteiger partial charge is 0.496 e. The molecule has 1 N–H and O–H groups in total. The van der Waals surface area contributed by atoms with Gasteiger partial charge in [0.25, 0.3) is 0 Å². The average Bonchev–Trinajstić information content (AvgIpc) is 2.45. The molecule has 0 unspecified atom stereocenters. The maximum absolute atomic E-state index is 6.02. The molecule has 1 aliphatic rings. The lowest BCUT2D eigenvalue weighted by Gasteiger charge is -2.14. The smallest absolute Gasteiger partial charge is 0.123 e. The molecule has 0 heterocycles. The van der Waals surface area contributed by atoms with E-state index in [1.165, 1.54) is 25.7 Å². The first-order chi connectivity index (χ1) is 9.29. The van der Waals surface area contributed by atoms with E-state index in [1.54, 1.807) is 12.7 Å². The zero-order chi connectivity index (χ0) is 13.5. The summed E-state index contributed by atoms with van der Waals surface area (Å²) >= 11 is 6.02. The number of halogens is 2. The van der Waals surface area contributed by atoms with Crippen molar-refractivity contribution in [2.45, 2.75) is 38.6 Å². The van der Waals surface area contributed by atoms with Crippen LogP contribution in [0.25, 0.3) is 0 Å². The lowest BCUT2D eigenvalue weighted by atomic mass is 9.97. The number of methoxy groups -OCH3 is 1. The molecule has 0 saturated heterocycles. The lowest BCUT2D eigenvalue weighted by Crippen LogP contribution is -2.16. The predicted molar refractivity (Wildman–Crippen MR) is 88.1 cm³/mol. The predicted octanol–water partition coefficient (Wildman–Crippen LogP) is 4.75. The molecule has 0 spiro atoms. The third kappa shape index (κ3) is 5.35. The number of ether oxygens (including phenoxy) is 1. The summed E-state index contributed by atoms with van der Waals surface area (Å²) in [5.74, 6) is 0.897. The number of hydrogen-bond acceptors (Lipinski definition) is 2. The third-order valence-electron chi connectivity index (χ3n) is 3.57. The first-order valence-corrected chi connectivity index (χ1v) is 7.38. The van der Waals surface area contributed by atoms with Crippen LogP contribution in [0.15, 0.2) is 29.8 Å². The Hall–Kier alpha value is -0.700. The highest BCUT2D eigenvalue weighted by molar-refractivity contribution is 6.30. The van der Waals surface area contributed by atoms with Crippen molar-refractivity contribution in [3.05, 3.63) is 40.4 Å². The van der Waals surface area contributed by atoms with Crippen molar-refractivity contribution >= 4 is 24.0 Å². The van der Waals surface area contributed by atoms with Gasteiger partial charge < -0.3 is 10.1 Å². The molecule has 0 bridgehead atoms. The molecule has 0 atom stereocenters. The van der Waals surface area contributed by atoms with E-state index in [0.717, 1.165) is 35.8 Å². The van der Waals surface area contributed by atoms with Gasteiger partial charge in [0.15, 0.2) is 0 Å². The summed E-state index contributed by atoms with van der Waals surface area (Å²) in [7, 11) is 1.69. The van der Waals surface area contributed by atoms with Crippen LogP contribution in [0.1, 0.15) is 37.7 Å². The summed E-state index contributed by atoms with van der Waals surface area (Å²) in [4.78, 5) is 0. The molecule has 1 aromatic rings. The van der Waals surface area contributed by atoms with Crippen molar-refractivity contribution in [1.82, 2.24) is 5.32 Å². The van der Waals surface area contributed by atoms with Crippen molar-refractivity contribution in [3.63, 3.8) is 0 Å². The molecule has 2 nitrogen and oxygen atoms in total. The van der Waals surface area contributed by atoms with E-state index in [0.29, 0.717) is 0 Å². The van der Waals surface area contributed by atoms with E-state index in [4.69, 9.17) is 16.3 Å². The highest BCUT2D eigenvalue weighted by Gasteiger charge is 2.05. The summed E-state index contributed by atoms with van der Waals surface area (Å²) in [5, 5.41) is 4.23. The Morgan fingerprint density at radius 1 is 1.30 bits per heavy atom. The van der Waals surface area contributed by atoms with Crippen LogP contribution in [0.3, 0.4) is 0 Å². The van der Waals surface area contributed by atoms with Gasteiger partial charge in [0.05, 0.1) is 7.11 Å². The van der Waals surface area contributed by atoms with E-state index < -0.39 is 0 Å². The van der Waals surface area contributed by atoms with Crippen LogP contribution >= 0.6 is 24.0 Å². The Bertz CT molecular complexity index is 446. The zero-order valence-electron chi connectivity index (χ0n) is 12.0. The molecule has 4 heteroatoms.